The van der Waals surface area contributed by atoms with E-state index in [4.69, 9.17) is 17.0 Å². The van der Waals surface area contributed by atoms with Crippen LogP contribution < -0.4 is 10.3 Å². The third-order valence-electron chi connectivity index (χ3n) is 4.93. The molecule has 0 aliphatic carbocycles. The van der Waals surface area contributed by atoms with Crippen molar-refractivity contribution in [2.75, 3.05) is 7.11 Å². The molecule has 9 heteroatoms. The average Bonchev–Trinajstić information content (AvgIpc) is 3.13. The highest BCUT2D eigenvalue weighted by atomic mass is 32.1. The molecule has 1 amide bonds. The molecule has 1 atom stereocenters. The molecule has 29 heavy (non-hydrogen) atoms. The number of ether oxygens (including phenoxy) is 1. The SMILES string of the molecule is CCCCn1c(O)c(C2=NN(C(C)=O)[C@H](c3ccc(OC)cc3)C2)c(=O)[nH]c1=S. The largest absolute Gasteiger partial charge is 0.497 e. The Hall–Kier alpha value is -2.94. The summed E-state index contributed by atoms with van der Waals surface area (Å²) in [6, 6.07) is 6.95. The van der Waals surface area contributed by atoms with Crippen LogP contribution in [0.3, 0.4) is 0 Å². The Labute approximate surface area is 173 Å². The first-order chi connectivity index (χ1) is 13.9. The third-order valence-corrected chi connectivity index (χ3v) is 5.25. The maximum Gasteiger partial charge on any atom is 0.264 e. The first kappa shape index (κ1) is 20.8. The lowest BCUT2D eigenvalue weighted by molar-refractivity contribution is -0.130. The number of hydrogen-bond donors (Lipinski definition) is 2. The normalized spacial score (nSPS) is 16.0. The van der Waals surface area contributed by atoms with Gasteiger partial charge in [0.2, 0.25) is 11.8 Å². The van der Waals surface area contributed by atoms with Gasteiger partial charge in [-0.25, -0.2) is 5.01 Å². The third kappa shape index (κ3) is 4.09. The molecule has 0 bridgehead atoms. The Kier molecular flexibility index (Phi) is 6.17. The smallest absolute Gasteiger partial charge is 0.264 e. The number of nitrogens with one attached hydrogen (secondary N) is 1. The number of rotatable bonds is 6. The predicted octanol–water partition coefficient (Wildman–Crippen LogP) is 3.12. The van der Waals surface area contributed by atoms with Crippen molar-refractivity contribution >= 4 is 23.8 Å². The maximum atomic E-state index is 12.6. The van der Waals surface area contributed by atoms with Crippen molar-refractivity contribution in [2.45, 2.75) is 45.7 Å². The molecule has 0 radical (unpaired) electrons. The molecule has 8 nitrogen and oxygen atoms in total. The molecule has 1 aromatic heterocycles. The molecule has 0 fully saturated rings. The van der Waals surface area contributed by atoms with Crippen LogP contribution in [0.4, 0.5) is 0 Å². The van der Waals surface area contributed by atoms with Gasteiger partial charge in [-0.05, 0) is 36.3 Å². The van der Waals surface area contributed by atoms with Gasteiger partial charge in [0, 0.05) is 19.9 Å². The molecule has 0 saturated carbocycles. The van der Waals surface area contributed by atoms with Crippen molar-refractivity contribution < 1.29 is 14.6 Å². The van der Waals surface area contributed by atoms with Crippen LogP contribution in [0.5, 0.6) is 11.6 Å². The van der Waals surface area contributed by atoms with Crippen molar-refractivity contribution in [3.05, 3.63) is 50.5 Å². The lowest BCUT2D eigenvalue weighted by atomic mass is 9.99. The number of H-pyrrole nitrogens is 1. The van der Waals surface area contributed by atoms with Gasteiger partial charge in [0.25, 0.3) is 5.56 Å². The van der Waals surface area contributed by atoms with Gasteiger partial charge >= 0.3 is 0 Å². The topological polar surface area (TPSA) is 99.9 Å². The number of nitrogens with zero attached hydrogens (tertiary/aromatic N) is 3. The molecule has 154 valence electrons. The van der Waals surface area contributed by atoms with E-state index < -0.39 is 5.56 Å². The number of hydrogen-bond acceptors (Lipinski definition) is 6. The highest BCUT2D eigenvalue weighted by Gasteiger charge is 2.34. The van der Waals surface area contributed by atoms with E-state index in [1.165, 1.54) is 16.5 Å². The molecule has 2 N–H and O–H groups in total. The molecule has 1 aliphatic rings. The van der Waals surface area contributed by atoms with Gasteiger partial charge in [-0.3, -0.25) is 19.1 Å². The van der Waals surface area contributed by atoms with Crippen LogP contribution in [-0.2, 0) is 11.3 Å². The Morgan fingerprint density at radius 3 is 2.66 bits per heavy atom. The molecule has 2 aromatic rings. The van der Waals surface area contributed by atoms with E-state index in [0.717, 1.165) is 18.4 Å². The molecule has 1 aliphatic heterocycles. The van der Waals surface area contributed by atoms with Crippen LogP contribution in [0.1, 0.15) is 50.3 Å². The standard InChI is InChI=1S/C20H24N4O4S/c1-4-5-10-23-19(27)17(18(26)21-20(23)29)15-11-16(24(22-15)12(2)25)13-6-8-14(28-3)9-7-13/h6-9,16,27H,4-5,10-11H2,1-3H3,(H,21,26,29)/t16-/m0/s1. The second-order valence-electron chi connectivity index (χ2n) is 6.87. The zero-order valence-electron chi connectivity index (χ0n) is 16.6. The quantitative estimate of drug-likeness (QED) is 0.705. The molecule has 0 spiro atoms. The number of aromatic hydroxyl groups is 1. The molecule has 0 saturated heterocycles. The van der Waals surface area contributed by atoms with E-state index in [-0.39, 0.29) is 28.2 Å². The molecule has 0 unspecified atom stereocenters. The van der Waals surface area contributed by atoms with Gasteiger partial charge in [0.15, 0.2) is 4.77 Å². The molecule has 3 rings (SSSR count). The van der Waals surface area contributed by atoms with Crippen LogP contribution in [0, 0.1) is 4.77 Å². The summed E-state index contributed by atoms with van der Waals surface area (Å²) >= 11 is 5.19. The van der Waals surface area contributed by atoms with E-state index in [0.29, 0.717) is 24.4 Å². The fraction of sp³-hybridized carbons (Fsp3) is 0.400. The van der Waals surface area contributed by atoms with Crippen LogP contribution in [0.15, 0.2) is 34.2 Å². The van der Waals surface area contributed by atoms with E-state index in [1.807, 2.05) is 19.1 Å². The number of benzene rings is 1. The summed E-state index contributed by atoms with van der Waals surface area (Å²) in [4.78, 5) is 27.4. The highest BCUT2D eigenvalue weighted by molar-refractivity contribution is 7.71. The van der Waals surface area contributed by atoms with Crippen molar-refractivity contribution in [3.63, 3.8) is 0 Å². The average molecular weight is 417 g/mol. The fourth-order valence-corrected chi connectivity index (χ4v) is 3.65. The van der Waals surface area contributed by atoms with Crippen LogP contribution in [-0.4, -0.2) is 38.4 Å². The number of carbonyl (C=O) groups is 1. The van der Waals surface area contributed by atoms with Gasteiger partial charge in [0.1, 0.15) is 11.3 Å². The molecular weight excluding hydrogens is 392 g/mol. The summed E-state index contributed by atoms with van der Waals surface area (Å²) in [6.07, 6.45) is 2.01. The van der Waals surface area contributed by atoms with Crippen LogP contribution in [0.25, 0.3) is 0 Å². The minimum absolute atomic E-state index is 0.0527. The Bertz CT molecular complexity index is 1060. The zero-order valence-corrected chi connectivity index (χ0v) is 17.5. The summed E-state index contributed by atoms with van der Waals surface area (Å²) in [5.74, 6) is 0.231. The predicted molar refractivity (Wildman–Crippen MR) is 112 cm³/mol. The van der Waals surface area contributed by atoms with Crippen molar-refractivity contribution in [1.82, 2.24) is 14.6 Å². The maximum absolute atomic E-state index is 12.6. The first-order valence-corrected chi connectivity index (χ1v) is 9.85. The fourth-order valence-electron chi connectivity index (χ4n) is 3.38. The Morgan fingerprint density at radius 2 is 2.07 bits per heavy atom. The van der Waals surface area contributed by atoms with Gasteiger partial charge in [-0.15, -0.1) is 0 Å². The van der Waals surface area contributed by atoms with Gasteiger partial charge in [-0.1, -0.05) is 25.5 Å². The lowest BCUT2D eigenvalue weighted by Gasteiger charge is -2.20. The molecule has 1 aromatic carbocycles. The molecular formula is C20H24N4O4S. The minimum Gasteiger partial charge on any atom is -0.497 e. The lowest BCUT2D eigenvalue weighted by Crippen LogP contribution is -2.24. The Balaban J connectivity index is 2.03. The number of hydrazone groups is 1. The zero-order chi connectivity index (χ0) is 21.1. The number of amides is 1. The minimum atomic E-state index is -0.516. The van der Waals surface area contributed by atoms with Crippen molar-refractivity contribution in [2.24, 2.45) is 5.10 Å². The number of unbranched alkanes of at least 4 members (excludes halogenated alkanes) is 1. The van der Waals surface area contributed by atoms with Crippen LogP contribution >= 0.6 is 12.2 Å². The van der Waals surface area contributed by atoms with E-state index in [9.17, 15) is 14.7 Å². The highest BCUT2D eigenvalue weighted by Crippen LogP contribution is 2.34. The summed E-state index contributed by atoms with van der Waals surface area (Å²) in [5.41, 5.74) is 0.740. The van der Waals surface area contributed by atoms with E-state index in [1.54, 1.807) is 19.2 Å². The van der Waals surface area contributed by atoms with Crippen LogP contribution in [0.2, 0.25) is 0 Å². The monoisotopic (exact) mass is 416 g/mol. The summed E-state index contributed by atoms with van der Waals surface area (Å²) < 4.78 is 6.85. The number of aromatic amines is 1. The number of aromatic nitrogens is 2. The van der Waals surface area contributed by atoms with Crippen molar-refractivity contribution in [1.29, 1.82) is 0 Å². The van der Waals surface area contributed by atoms with E-state index in [2.05, 4.69) is 10.1 Å². The number of carbonyl (C=O) groups excluding carboxylic acids is 1. The van der Waals surface area contributed by atoms with E-state index >= 15 is 0 Å². The summed E-state index contributed by atoms with van der Waals surface area (Å²) in [7, 11) is 1.58. The second kappa shape index (κ2) is 8.60. The number of methoxy groups -OCH3 is 1. The first-order valence-electron chi connectivity index (χ1n) is 9.45. The molecule has 2 heterocycles. The van der Waals surface area contributed by atoms with Gasteiger partial charge in [0.05, 0.1) is 18.9 Å². The second-order valence-corrected chi connectivity index (χ2v) is 7.25. The van der Waals surface area contributed by atoms with Crippen molar-refractivity contribution in [3.8, 4) is 11.6 Å². The summed E-state index contributed by atoms with van der Waals surface area (Å²) in [5, 5.41) is 16.5. The van der Waals surface area contributed by atoms with Gasteiger partial charge in [-0.2, -0.15) is 5.10 Å². The van der Waals surface area contributed by atoms with Gasteiger partial charge < -0.3 is 9.84 Å². The summed E-state index contributed by atoms with van der Waals surface area (Å²) in [6.45, 7) is 3.93. The Morgan fingerprint density at radius 1 is 1.38 bits per heavy atom.